The van der Waals surface area contributed by atoms with Crippen molar-refractivity contribution in [3.05, 3.63) is 135 Å². The number of benzene rings is 4. The molecule has 0 heterocycles. The fourth-order valence-electron chi connectivity index (χ4n) is 4.73. The fraction of sp³-hybridized carbons (Fsp3) is 0.212. The number of non-ortho nitro benzene ring substituents is 1. The molecule has 0 aliphatic carbocycles. The van der Waals surface area contributed by atoms with Gasteiger partial charge in [-0.25, -0.2) is 8.42 Å². The van der Waals surface area contributed by atoms with Gasteiger partial charge in [0, 0.05) is 36.2 Å². The molecule has 234 valence electrons. The zero-order chi connectivity index (χ0) is 32.6. The van der Waals surface area contributed by atoms with Crippen LogP contribution in [0, 0.1) is 10.1 Å². The van der Waals surface area contributed by atoms with Crippen molar-refractivity contribution in [2.45, 2.75) is 43.8 Å². The van der Waals surface area contributed by atoms with Gasteiger partial charge in [-0.05, 0) is 55.3 Å². The van der Waals surface area contributed by atoms with E-state index in [0.29, 0.717) is 10.6 Å². The Morgan fingerprint density at radius 3 is 2.09 bits per heavy atom. The van der Waals surface area contributed by atoms with E-state index in [-0.39, 0.29) is 35.3 Å². The van der Waals surface area contributed by atoms with Crippen LogP contribution in [0.3, 0.4) is 0 Å². The van der Waals surface area contributed by atoms with Crippen LogP contribution in [-0.2, 0) is 32.6 Å². The average molecular weight is 649 g/mol. The Morgan fingerprint density at radius 1 is 0.867 bits per heavy atom. The van der Waals surface area contributed by atoms with Gasteiger partial charge >= 0.3 is 0 Å². The highest BCUT2D eigenvalue weighted by Gasteiger charge is 2.35. The number of sulfonamides is 1. The van der Waals surface area contributed by atoms with Crippen molar-refractivity contribution in [2.75, 3.05) is 10.8 Å². The number of nitro benzene ring substituents is 1. The Kier molecular flexibility index (Phi) is 10.9. The smallest absolute Gasteiger partial charge is 0.271 e. The summed E-state index contributed by atoms with van der Waals surface area (Å²) >= 11 is 6.10. The van der Waals surface area contributed by atoms with Crippen molar-refractivity contribution in [2.24, 2.45) is 0 Å². The summed E-state index contributed by atoms with van der Waals surface area (Å²) in [5, 5.41) is 15.0. The second-order valence-corrected chi connectivity index (χ2v) is 12.9. The van der Waals surface area contributed by atoms with Gasteiger partial charge in [-0.1, -0.05) is 78.3 Å². The number of nitrogens with one attached hydrogen (secondary N) is 1. The van der Waals surface area contributed by atoms with Crippen molar-refractivity contribution >= 4 is 44.8 Å². The summed E-state index contributed by atoms with van der Waals surface area (Å²) in [6, 6.07) is 27.3. The number of hydrogen-bond donors (Lipinski definition) is 1. The van der Waals surface area contributed by atoms with Crippen LogP contribution in [-0.4, -0.2) is 48.7 Å². The van der Waals surface area contributed by atoms with Crippen LogP contribution in [0.5, 0.6) is 0 Å². The zero-order valence-corrected chi connectivity index (χ0v) is 26.3. The lowest BCUT2D eigenvalue weighted by molar-refractivity contribution is -0.384. The molecule has 45 heavy (non-hydrogen) atoms. The minimum absolute atomic E-state index is 0.0345. The number of halogens is 1. The minimum atomic E-state index is -4.38. The lowest BCUT2D eigenvalue weighted by atomic mass is 10.0. The van der Waals surface area contributed by atoms with E-state index in [1.807, 2.05) is 30.3 Å². The molecular weight excluding hydrogens is 616 g/mol. The molecule has 0 aliphatic rings. The molecule has 0 radical (unpaired) electrons. The van der Waals surface area contributed by atoms with Gasteiger partial charge in [-0.15, -0.1) is 0 Å². The van der Waals surface area contributed by atoms with Crippen LogP contribution in [0.15, 0.2) is 114 Å². The van der Waals surface area contributed by atoms with Crippen LogP contribution in [0.25, 0.3) is 0 Å². The lowest BCUT2D eigenvalue weighted by Crippen LogP contribution is -2.54. The third-order valence-electron chi connectivity index (χ3n) is 6.91. The number of rotatable bonds is 13. The summed E-state index contributed by atoms with van der Waals surface area (Å²) < 4.78 is 28.8. The van der Waals surface area contributed by atoms with E-state index < -0.39 is 39.3 Å². The topological polar surface area (TPSA) is 130 Å². The quantitative estimate of drug-likeness (QED) is 0.148. The summed E-state index contributed by atoms with van der Waals surface area (Å²) in [7, 11) is -4.38. The molecule has 0 unspecified atom stereocenters. The van der Waals surface area contributed by atoms with Gasteiger partial charge in [0.15, 0.2) is 0 Å². The Hall–Kier alpha value is -4.74. The molecular formula is C33H33ClN4O6S. The molecule has 4 rings (SSSR count). The molecule has 1 atom stereocenters. The van der Waals surface area contributed by atoms with Crippen molar-refractivity contribution in [1.29, 1.82) is 0 Å². The zero-order valence-electron chi connectivity index (χ0n) is 24.7. The summed E-state index contributed by atoms with van der Waals surface area (Å²) in [4.78, 5) is 40.3. The van der Waals surface area contributed by atoms with Crippen LogP contribution in [0.1, 0.15) is 25.0 Å². The Labute approximate surface area is 267 Å². The van der Waals surface area contributed by atoms with Crippen LogP contribution < -0.4 is 9.62 Å². The molecule has 0 aromatic heterocycles. The molecule has 2 amide bonds. The van der Waals surface area contributed by atoms with Gasteiger partial charge in [-0.2, -0.15) is 0 Å². The molecule has 4 aromatic rings. The Morgan fingerprint density at radius 2 is 1.49 bits per heavy atom. The number of anilines is 1. The third-order valence-corrected chi connectivity index (χ3v) is 8.95. The van der Waals surface area contributed by atoms with Crippen molar-refractivity contribution in [1.82, 2.24) is 10.2 Å². The first-order chi connectivity index (χ1) is 21.5. The molecule has 10 nitrogen and oxygen atoms in total. The summed E-state index contributed by atoms with van der Waals surface area (Å²) in [6.45, 7) is 2.85. The van der Waals surface area contributed by atoms with E-state index in [9.17, 15) is 28.1 Å². The van der Waals surface area contributed by atoms with E-state index in [4.69, 9.17) is 11.6 Å². The van der Waals surface area contributed by atoms with Crippen LogP contribution >= 0.6 is 11.6 Å². The molecule has 0 saturated heterocycles. The maximum Gasteiger partial charge on any atom is 0.271 e. The first-order valence-corrected chi connectivity index (χ1v) is 16.0. The van der Waals surface area contributed by atoms with Crippen LogP contribution in [0.2, 0.25) is 5.02 Å². The molecule has 0 aliphatic heterocycles. The van der Waals surface area contributed by atoms with Gasteiger partial charge in [0.05, 0.1) is 15.5 Å². The molecule has 0 bridgehead atoms. The van der Waals surface area contributed by atoms with E-state index in [1.165, 1.54) is 35.2 Å². The van der Waals surface area contributed by atoms with E-state index in [0.717, 1.165) is 15.9 Å². The SMILES string of the molecule is CC(C)NC(=O)[C@H](Cc1ccccc1)N(Cc1ccc(Cl)cc1)C(=O)CN(c1cccc([N+](=O)[O-])c1)S(=O)(=O)c1ccccc1. The number of hydrogen-bond acceptors (Lipinski definition) is 6. The summed E-state index contributed by atoms with van der Waals surface area (Å²) in [5.74, 6) is -1.10. The van der Waals surface area contributed by atoms with E-state index in [1.54, 1.807) is 56.3 Å². The normalized spacial score (nSPS) is 11.9. The predicted octanol–water partition coefficient (Wildman–Crippen LogP) is 5.61. The monoisotopic (exact) mass is 648 g/mol. The highest BCUT2D eigenvalue weighted by molar-refractivity contribution is 7.92. The number of amides is 2. The number of nitro groups is 1. The van der Waals surface area contributed by atoms with Crippen LogP contribution in [0.4, 0.5) is 11.4 Å². The number of carbonyl (C=O) groups is 2. The van der Waals surface area contributed by atoms with E-state index >= 15 is 0 Å². The summed E-state index contributed by atoms with van der Waals surface area (Å²) in [5.41, 5.74) is 1.04. The Balaban J connectivity index is 1.82. The second-order valence-electron chi connectivity index (χ2n) is 10.6. The molecule has 0 spiro atoms. The highest BCUT2D eigenvalue weighted by atomic mass is 35.5. The molecule has 0 fully saturated rings. The largest absolute Gasteiger partial charge is 0.352 e. The molecule has 1 N–H and O–H groups in total. The molecule has 12 heteroatoms. The summed E-state index contributed by atoms with van der Waals surface area (Å²) in [6.07, 6.45) is 0.154. The third kappa shape index (κ3) is 8.68. The van der Waals surface area contributed by atoms with Crippen molar-refractivity contribution < 1.29 is 22.9 Å². The predicted molar refractivity (Wildman–Crippen MR) is 173 cm³/mol. The standard InChI is InChI=1S/C33H33ClN4O6S/c1-24(2)35-33(40)31(20-25-10-5-3-6-11-25)36(22-26-16-18-27(34)19-17-26)32(39)23-37(28-12-9-13-29(21-28)38(41)42)45(43,44)30-14-7-4-8-15-30/h3-19,21,24,31H,20,22-23H2,1-2H3,(H,35,40)/t31-/m0/s1. The van der Waals surface area contributed by atoms with Gasteiger partial charge in [-0.3, -0.25) is 24.0 Å². The number of carbonyl (C=O) groups excluding carboxylic acids is 2. The average Bonchev–Trinajstić information content (AvgIpc) is 3.02. The van der Waals surface area contributed by atoms with E-state index in [2.05, 4.69) is 5.32 Å². The maximum absolute atomic E-state index is 14.4. The molecule has 4 aromatic carbocycles. The first-order valence-electron chi connectivity index (χ1n) is 14.2. The first kappa shape index (κ1) is 33.2. The minimum Gasteiger partial charge on any atom is -0.352 e. The molecule has 0 saturated carbocycles. The fourth-order valence-corrected chi connectivity index (χ4v) is 6.28. The van der Waals surface area contributed by atoms with Gasteiger partial charge in [0.1, 0.15) is 12.6 Å². The van der Waals surface area contributed by atoms with Gasteiger partial charge in [0.2, 0.25) is 11.8 Å². The van der Waals surface area contributed by atoms with Gasteiger partial charge in [0.25, 0.3) is 15.7 Å². The Bertz CT molecular complexity index is 1740. The number of nitrogens with zero attached hydrogens (tertiary/aromatic N) is 3. The maximum atomic E-state index is 14.4. The second kappa shape index (κ2) is 14.8. The highest BCUT2D eigenvalue weighted by Crippen LogP contribution is 2.28. The van der Waals surface area contributed by atoms with Crippen molar-refractivity contribution in [3.63, 3.8) is 0 Å². The lowest BCUT2D eigenvalue weighted by Gasteiger charge is -2.34. The van der Waals surface area contributed by atoms with Crippen molar-refractivity contribution in [3.8, 4) is 0 Å². The van der Waals surface area contributed by atoms with Gasteiger partial charge < -0.3 is 10.2 Å².